The van der Waals surface area contributed by atoms with E-state index in [9.17, 15) is 4.79 Å². The van der Waals surface area contributed by atoms with Crippen LogP contribution in [0.2, 0.25) is 0 Å². The van der Waals surface area contributed by atoms with Gasteiger partial charge in [0.05, 0.1) is 23.5 Å². The summed E-state index contributed by atoms with van der Waals surface area (Å²) in [6.45, 7) is 5.39. The van der Waals surface area contributed by atoms with Gasteiger partial charge in [-0.05, 0) is 32.0 Å². The minimum Gasteiger partial charge on any atom is -0.341 e. The van der Waals surface area contributed by atoms with E-state index in [1.165, 1.54) is 0 Å². The molecule has 0 bridgehead atoms. The van der Waals surface area contributed by atoms with Crippen molar-refractivity contribution in [1.29, 1.82) is 0 Å². The Kier molecular flexibility index (Phi) is 6.12. The molecule has 0 radical (unpaired) electrons. The highest BCUT2D eigenvalue weighted by molar-refractivity contribution is 5.85. The first-order valence-electron chi connectivity index (χ1n) is 7.71. The third-order valence-electron chi connectivity index (χ3n) is 4.00. The van der Waals surface area contributed by atoms with Crippen molar-refractivity contribution in [3.8, 4) is 5.69 Å². The number of carbonyl (C=O) groups excluding carboxylic acids is 1. The van der Waals surface area contributed by atoms with Gasteiger partial charge in [-0.1, -0.05) is 23.4 Å². The third-order valence-corrected chi connectivity index (χ3v) is 4.00. The van der Waals surface area contributed by atoms with Crippen molar-refractivity contribution in [3.63, 3.8) is 0 Å². The molecule has 1 fully saturated rings. The highest BCUT2D eigenvalue weighted by atomic mass is 35.5. The van der Waals surface area contributed by atoms with E-state index in [2.05, 4.69) is 15.6 Å². The maximum absolute atomic E-state index is 12.4. The summed E-state index contributed by atoms with van der Waals surface area (Å²) in [5.41, 5.74) is 2.64. The summed E-state index contributed by atoms with van der Waals surface area (Å²) in [4.78, 5) is 14.4. The Morgan fingerprint density at radius 1 is 1.22 bits per heavy atom. The van der Waals surface area contributed by atoms with E-state index in [0.29, 0.717) is 6.42 Å². The van der Waals surface area contributed by atoms with Gasteiger partial charge in [-0.2, -0.15) is 0 Å². The van der Waals surface area contributed by atoms with Gasteiger partial charge in [0.1, 0.15) is 0 Å². The number of nitrogens with zero attached hydrogens (tertiary/aromatic N) is 4. The van der Waals surface area contributed by atoms with Crippen molar-refractivity contribution in [1.82, 2.24) is 25.2 Å². The molecule has 1 amide bonds. The molecule has 0 atom stereocenters. The van der Waals surface area contributed by atoms with Crippen LogP contribution in [0.25, 0.3) is 5.69 Å². The van der Waals surface area contributed by atoms with E-state index < -0.39 is 0 Å². The maximum Gasteiger partial charge on any atom is 0.228 e. The van der Waals surface area contributed by atoms with Gasteiger partial charge in [0.25, 0.3) is 0 Å². The molecule has 0 saturated carbocycles. The Morgan fingerprint density at radius 3 is 2.78 bits per heavy atom. The van der Waals surface area contributed by atoms with E-state index >= 15 is 0 Å². The largest absolute Gasteiger partial charge is 0.341 e. The van der Waals surface area contributed by atoms with Crippen molar-refractivity contribution in [2.24, 2.45) is 0 Å². The minimum atomic E-state index is 0. The fourth-order valence-electron chi connectivity index (χ4n) is 2.69. The van der Waals surface area contributed by atoms with E-state index in [1.807, 2.05) is 42.2 Å². The van der Waals surface area contributed by atoms with Crippen LogP contribution < -0.4 is 5.32 Å². The number of hydrogen-bond acceptors (Lipinski definition) is 4. The van der Waals surface area contributed by atoms with Gasteiger partial charge >= 0.3 is 0 Å². The highest BCUT2D eigenvalue weighted by Gasteiger charge is 2.19. The summed E-state index contributed by atoms with van der Waals surface area (Å²) in [7, 11) is 0. The number of benzene rings is 1. The fourth-order valence-corrected chi connectivity index (χ4v) is 2.69. The molecule has 0 unspecified atom stereocenters. The Bertz CT molecular complexity index is 635. The van der Waals surface area contributed by atoms with Gasteiger partial charge < -0.3 is 10.2 Å². The summed E-state index contributed by atoms with van der Waals surface area (Å²) >= 11 is 0. The second-order valence-corrected chi connectivity index (χ2v) is 5.53. The van der Waals surface area contributed by atoms with Crippen LogP contribution in [0.1, 0.15) is 17.8 Å². The molecule has 3 rings (SSSR count). The van der Waals surface area contributed by atoms with Crippen LogP contribution in [-0.2, 0) is 11.2 Å². The molecule has 1 aromatic heterocycles. The second kappa shape index (κ2) is 8.08. The molecule has 1 saturated heterocycles. The molecule has 6 nitrogen and oxygen atoms in total. The lowest BCUT2D eigenvalue weighted by Gasteiger charge is -2.19. The standard InChI is InChI=1S/C16H21N5O.ClH/c1-13-15(12-16(22)20-10-5-8-17-9-11-20)18-19-21(13)14-6-3-2-4-7-14;/h2-4,6-7,17H,5,8-12H2,1H3;1H. The van der Waals surface area contributed by atoms with Crippen molar-refractivity contribution >= 4 is 18.3 Å². The van der Waals surface area contributed by atoms with Crippen LogP contribution in [-0.4, -0.2) is 52.0 Å². The van der Waals surface area contributed by atoms with Crippen LogP contribution in [0.5, 0.6) is 0 Å². The zero-order chi connectivity index (χ0) is 15.4. The molecule has 0 aliphatic carbocycles. The number of nitrogens with one attached hydrogen (secondary N) is 1. The second-order valence-electron chi connectivity index (χ2n) is 5.53. The molecule has 2 heterocycles. The fraction of sp³-hybridized carbons (Fsp3) is 0.438. The average Bonchev–Trinajstić information content (AvgIpc) is 2.77. The lowest BCUT2D eigenvalue weighted by Crippen LogP contribution is -2.35. The molecule has 1 aliphatic heterocycles. The van der Waals surface area contributed by atoms with E-state index in [-0.39, 0.29) is 18.3 Å². The topological polar surface area (TPSA) is 63.1 Å². The summed E-state index contributed by atoms with van der Waals surface area (Å²) in [5.74, 6) is 0.131. The van der Waals surface area contributed by atoms with E-state index in [1.54, 1.807) is 4.68 Å². The first kappa shape index (κ1) is 17.4. The molecule has 1 N–H and O–H groups in total. The zero-order valence-corrected chi connectivity index (χ0v) is 14.1. The molecule has 1 aliphatic rings. The number of aromatic nitrogens is 3. The summed E-state index contributed by atoms with van der Waals surface area (Å²) in [6.07, 6.45) is 1.32. The Morgan fingerprint density at radius 2 is 2.00 bits per heavy atom. The van der Waals surface area contributed by atoms with Gasteiger partial charge in [-0.3, -0.25) is 4.79 Å². The van der Waals surface area contributed by atoms with E-state index in [0.717, 1.165) is 49.7 Å². The number of hydrogen-bond donors (Lipinski definition) is 1. The number of carbonyl (C=O) groups is 1. The van der Waals surface area contributed by atoms with Crippen molar-refractivity contribution in [2.45, 2.75) is 19.8 Å². The van der Waals surface area contributed by atoms with Gasteiger partial charge in [0.2, 0.25) is 5.91 Å². The van der Waals surface area contributed by atoms with E-state index in [4.69, 9.17) is 0 Å². The molecule has 124 valence electrons. The normalized spacial score (nSPS) is 14.9. The summed E-state index contributed by atoms with van der Waals surface area (Å²) in [5, 5.41) is 11.7. The highest BCUT2D eigenvalue weighted by Crippen LogP contribution is 2.13. The SMILES string of the molecule is Cc1c(CC(=O)N2CCCNCC2)nnn1-c1ccccc1.Cl. The Hall–Kier alpha value is -1.92. The molecule has 2 aromatic rings. The van der Waals surface area contributed by atoms with Crippen LogP contribution >= 0.6 is 12.4 Å². The number of amides is 1. The molecular formula is C16H22ClN5O. The van der Waals surface area contributed by atoms with Crippen molar-refractivity contribution < 1.29 is 4.79 Å². The van der Waals surface area contributed by atoms with Gasteiger partial charge in [0, 0.05) is 19.6 Å². The van der Waals surface area contributed by atoms with Gasteiger partial charge in [-0.25, -0.2) is 4.68 Å². The van der Waals surface area contributed by atoms with Crippen molar-refractivity contribution in [3.05, 3.63) is 41.7 Å². The maximum atomic E-state index is 12.4. The third kappa shape index (κ3) is 4.09. The number of para-hydroxylation sites is 1. The predicted octanol–water partition coefficient (Wildman–Crippen LogP) is 1.36. The Labute approximate surface area is 142 Å². The number of halogens is 1. The van der Waals surface area contributed by atoms with Gasteiger partial charge in [-0.15, -0.1) is 17.5 Å². The number of rotatable bonds is 3. The smallest absolute Gasteiger partial charge is 0.228 e. The van der Waals surface area contributed by atoms with Gasteiger partial charge in [0.15, 0.2) is 0 Å². The lowest BCUT2D eigenvalue weighted by molar-refractivity contribution is -0.130. The van der Waals surface area contributed by atoms with Crippen molar-refractivity contribution in [2.75, 3.05) is 26.2 Å². The zero-order valence-electron chi connectivity index (χ0n) is 13.2. The summed E-state index contributed by atoms with van der Waals surface area (Å²) in [6, 6.07) is 9.85. The van der Waals surface area contributed by atoms with Crippen LogP contribution in [0.4, 0.5) is 0 Å². The Balaban J connectivity index is 0.00000192. The van der Waals surface area contributed by atoms with Crippen LogP contribution in [0.3, 0.4) is 0 Å². The average molecular weight is 336 g/mol. The quantitative estimate of drug-likeness (QED) is 0.920. The predicted molar refractivity (Wildman–Crippen MR) is 91.1 cm³/mol. The monoisotopic (exact) mass is 335 g/mol. The molecule has 0 spiro atoms. The summed E-state index contributed by atoms with van der Waals surface area (Å²) < 4.78 is 1.78. The molecule has 7 heteroatoms. The molecular weight excluding hydrogens is 314 g/mol. The minimum absolute atomic E-state index is 0. The molecule has 23 heavy (non-hydrogen) atoms. The molecule has 1 aromatic carbocycles. The van der Waals surface area contributed by atoms with Crippen LogP contribution in [0.15, 0.2) is 30.3 Å². The lowest BCUT2D eigenvalue weighted by atomic mass is 10.2. The first-order valence-corrected chi connectivity index (χ1v) is 7.71. The van der Waals surface area contributed by atoms with Crippen LogP contribution in [0, 0.1) is 6.92 Å². The first-order chi connectivity index (χ1) is 10.8.